The summed E-state index contributed by atoms with van der Waals surface area (Å²) in [5, 5.41) is 3.27. The second-order valence-electron chi connectivity index (χ2n) is 4.88. The molecule has 1 saturated heterocycles. The van der Waals surface area contributed by atoms with E-state index in [1.165, 1.54) is 0 Å². The van der Waals surface area contributed by atoms with Crippen molar-refractivity contribution < 1.29 is 9.47 Å². The van der Waals surface area contributed by atoms with Crippen molar-refractivity contribution in [2.24, 2.45) is 0 Å². The fraction of sp³-hybridized carbons (Fsp3) is 0.692. The molecule has 0 bridgehead atoms. The summed E-state index contributed by atoms with van der Waals surface area (Å²) in [5.74, 6) is 0.377. The highest BCUT2D eigenvalue weighted by molar-refractivity contribution is 5.15. The molecule has 5 heteroatoms. The van der Waals surface area contributed by atoms with Crippen molar-refractivity contribution in [3.63, 3.8) is 0 Å². The fourth-order valence-electron chi connectivity index (χ4n) is 1.82. The Morgan fingerprint density at radius 3 is 3.00 bits per heavy atom. The first-order chi connectivity index (χ1) is 8.65. The van der Waals surface area contributed by atoms with E-state index in [4.69, 9.17) is 9.47 Å². The van der Waals surface area contributed by atoms with Crippen molar-refractivity contribution in [1.82, 2.24) is 15.3 Å². The first-order valence-electron chi connectivity index (χ1n) is 6.46. The molecule has 18 heavy (non-hydrogen) atoms. The van der Waals surface area contributed by atoms with E-state index in [1.807, 2.05) is 13.0 Å². The number of aromatic nitrogens is 2. The predicted molar refractivity (Wildman–Crippen MR) is 69.0 cm³/mol. The molecular weight excluding hydrogens is 230 g/mol. The summed E-state index contributed by atoms with van der Waals surface area (Å²) in [6, 6.07) is 2.45. The maximum Gasteiger partial charge on any atom is 0.316 e. The Balaban J connectivity index is 1.95. The number of morpholine rings is 1. The molecule has 1 aliphatic rings. The maximum absolute atomic E-state index is 5.63. The topological polar surface area (TPSA) is 56.3 Å². The number of nitrogens with one attached hydrogen (secondary N) is 1. The first kappa shape index (κ1) is 13.2. The van der Waals surface area contributed by atoms with Gasteiger partial charge >= 0.3 is 6.01 Å². The van der Waals surface area contributed by atoms with Gasteiger partial charge in [-0.3, -0.25) is 0 Å². The van der Waals surface area contributed by atoms with Crippen LogP contribution in [0.4, 0.5) is 0 Å². The minimum atomic E-state index is 0.0883. The summed E-state index contributed by atoms with van der Waals surface area (Å²) in [6.45, 7) is 9.14. The number of aryl methyl sites for hydroxylation is 1. The van der Waals surface area contributed by atoms with Crippen LogP contribution >= 0.6 is 0 Å². The Bertz CT molecular complexity index is 390. The normalized spacial score (nSPS) is 20.1. The standard InChI is InChI=1S/C13H21N3O2/c1-9(2)12-6-10(3)15-13(16-12)18-8-11-7-14-4-5-17-11/h6,9,11,14H,4-5,7-8H2,1-3H3. The van der Waals surface area contributed by atoms with Crippen LogP contribution in [-0.2, 0) is 4.74 Å². The SMILES string of the molecule is Cc1cc(C(C)C)nc(OCC2CNCCO2)n1. The molecule has 0 amide bonds. The predicted octanol–water partition coefficient (Wildman–Crippen LogP) is 1.28. The van der Waals surface area contributed by atoms with Gasteiger partial charge in [-0.05, 0) is 18.9 Å². The van der Waals surface area contributed by atoms with Crippen LogP contribution in [0, 0.1) is 6.92 Å². The van der Waals surface area contributed by atoms with Gasteiger partial charge in [0.15, 0.2) is 0 Å². The third-order valence-electron chi connectivity index (χ3n) is 2.85. The van der Waals surface area contributed by atoms with E-state index in [0.717, 1.165) is 31.1 Å². The van der Waals surface area contributed by atoms with Crippen LogP contribution in [0.5, 0.6) is 6.01 Å². The highest BCUT2D eigenvalue weighted by Crippen LogP contribution is 2.15. The van der Waals surface area contributed by atoms with E-state index in [-0.39, 0.29) is 6.10 Å². The van der Waals surface area contributed by atoms with Crippen molar-refractivity contribution in [2.45, 2.75) is 32.8 Å². The lowest BCUT2D eigenvalue weighted by Gasteiger charge is -2.23. The van der Waals surface area contributed by atoms with Crippen LogP contribution < -0.4 is 10.1 Å². The van der Waals surface area contributed by atoms with Crippen molar-refractivity contribution in [2.75, 3.05) is 26.3 Å². The third-order valence-corrected chi connectivity index (χ3v) is 2.85. The third kappa shape index (κ3) is 3.65. The highest BCUT2D eigenvalue weighted by Gasteiger charge is 2.15. The molecular formula is C13H21N3O2. The van der Waals surface area contributed by atoms with Gasteiger partial charge in [0, 0.05) is 18.8 Å². The van der Waals surface area contributed by atoms with E-state index >= 15 is 0 Å². The number of hydrogen-bond acceptors (Lipinski definition) is 5. The molecule has 5 nitrogen and oxygen atoms in total. The number of nitrogens with zero attached hydrogens (tertiary/aromatic N) is 2. The zero-order valence-corrected chi connectivity index (χ0v) is 11.3. The maximum atomic E-state index is 5.63. The van der Waals surface area contributed by atoms with Crippen LogP contribution in [0.3, 0.4) is 0 Å². The minimum Gasteiger partial charge on any atom is -0.461 e. The van der Waals surface area contributed by atoms with E-state index in [2.05, 4.69) is 29.1 Å². The monoisotopic (exact) mass is 251 g/mol. The number of rotatable bonds is 4. The lowest BCUT2D eigenvalue weighted by molar-refractivity contribution is -0.00187. The summed E-state index contributed by atoms with van der Waals surface area (Å²) in [6.07, 6.45) is 0.0883. The van der Waals surface area contributed by atoms with Crippen LogP contribution in [-0.4, -0.2) is 42.4 Å². The molecule has 1 aromatic rings. The molecule has 2 heterocycles. The zero-order valence-electron chi connectivity index (χ0n) is 11.3. The molecule has 1 aliphatic heterocycles. The van der Waals surface area contributed by atoms with Gasteiger partial charge in [0.1, 0.15) is 12.7 Å². The van der Waals surface area contributed by atoms with Gasteiger partial charge in [0.25, 0.3) is 0 Å². The highest BCUT2D eigenvalue weighted by atomic mass is 16.5. The van der Waals surface area contributed by atoms with E-state index in [9.17, 15) is 0 Å². The van der Waals surface area contributed by atoms with Crippen LogP contribution in [0.25, 0.3) is 0 Å². The van der Waals surface area contributed by atoms with Gasteiger partial charge in [0.05, 0.1) is 12.3 Å². The fourth-order valence-corrected chi connectivity index (χ4v) is 1.82. The second kappa shape index (κ2) is 6.11. The van der Waals surface area contributed by atoms with Crippen LogP contribution in [0.2, 0.25) is 0 Å². The van der Waals surface area contributed by atoms with Crippen molar-refractivity contribution in [1.29, 1.82) is 0 Å². The summed E-state index contributed by atoms with van der Waals surface area (Å²) in [7, 11) is 0. The molecule has 1 fully saturated rings. The van der Waals surface area contributed by atoms with Gasteiger partial charge < -0.3 is 14.8 Å². The number of hydrogen-bond donors (Lipinski definition) is 1. The van der Waals surface area contributed by atoms with Crippen LogP contribution in [0.15, 0.2) is 6.07 Å². The Morgan fingerprint density at radius 2 is 2.33 bits per heavy atom. The molecule has 0 aromatic carbocycles. The quantitative estimate of drug-likeness (QED) is 0.873. The van der Waals surface area contributed by atoms with Gasteiger partial charge in [-0.1, -0.05) is 13.8 Å². The summed E-state index contributed by atoms with van der Waals surface area (Å²) in [4.78, 5) is 8.70. The van der Waals surface area contributed by atoms with E-state index < -0.39 is 0 Å². The van der Waals surface area contributed by atoms with Gasteiger partial charge in [-0.25, -0.2) is 4.98 Å². The second-order valence-corrected chi connectivity index (χ2v) is 4.88. The Kier molecular flexibility index (Phi) is 4.49. The first-order valence-corrected chi connectivity index (χ1v) is 6.46. The number of ether oxygens (including phenoxy) is 2. The smallest absolute Gasteiger partial charge is 0.316 e. The molecule has 2 rings (SSSR count). The summed E-state index contributed by atoms with van der Waals surface area (Å²) < 4.78 is 11.2. The molecule has 0 saturated carbocycles. The largest absolute Gasteiger partial charge is 0.461 e. The Labute approximate surface area is 108 Å². The van der Waals surface area contributed by atoms with Crippen molar-refractivity contribution in [3.05, 3.63) is 17.5 Å². The molecule has 100 valence electrons. The lowest BCUT2D eigenvalue weighted by atomic mass is 10.1. The molecule has 1 unspecified atom stereocenters. The average molecular weight is 251 g/mol. The van der Waals surface area contributed by atoms with Gasteiger partial charge in [-0.2, -0.15) is 4.98 Å². The Hall–Kier alpha value is -1.20. The minimum absolute atomic E-state index is 0.0883. The van der Waals surface area contributed by atoms with E-state index in [0.29, 0.717) is 18.5 Å². The zero-order chi connectivity index (χ0) is 13.0. The van der Waals surface area contributed by atoms with Crippen LogP contribution in [0.1, 0.15) is 31.2 Å². The average Bonchev–Trinajstić information content (AvgIpc) is 2.37. The summed E-state index contributed by atoms with van der Waals surface area (Å²) >= 11 is 0. The van der Waals surface area contributed by atoms with Crippen molar-refractivity contribution >= 4 is 0 Å². The molecule has 1 N–H and O–H groups in total. The molecule has 0 aliphatic carbocycles. The molecule has 0 spiro atoms. The van der Waals surface area contributed by atoms with E-state index in [1.54, 1.807) is 0 Å². The molecule has 1 atom stereocenters. The molecule has 1 aromatic heterocycles. The summed E-state index contributed by atoms with van der Waals surface area (Å²) in [5.41, 5.74) is 1.95. The molecule has 0 radical (unpaired) electrons. The van der Waals surface area contributed by atoms with Gasteiger partial charge in [-0.15, -0.1) is 0 Å². The Morgan fingerprint density at radius 1 is 1.50 bits per heavy atom. The van der Waals surface area contributed by atoms with Crippen molar-refractivity contribution in [3.8, 4) is 6.01 Å². The van der Waals surface area contributed by atoms with Gasteiger partial charge in [0.2, 0.25) is 0 Å². The lowest BCUT2D eigenvalue weighted by Crippen LogP contribution is -2.41.